The summed E-state index contributed by atoms with van der Waals surface area (Å²) in [6.07, 6.45) is 3.56. The van der Waals surface area contributed by atoms with Crippen molar-refractivity contribution >= 4 is 16.8 Å². The number of amides is 1. The van der Waals surface area contributed by atoms with Gasteiger partial charge in [0.2, 0.25) is 0 Å². The van der Waals surface area contributed by atoms with Crippen LogP contribution in [0, 0.1) is 0 Å². The first-order valence-corrected chi connectivity index (χ1v) is 10.7. The average molecular weight is 386 g/mol. The Hall–Kier alpha value is -2.72. The van der Waals surface area contributed by atoms with Gasteiger partial charge >= 0.3 is 0 Å². The Kier molecular flexibility index (Phi) is 5.03. The number of rotatable bonds is 6. The molecule has 0 radical (unpaired) electrons. The maximum absolute atomic E-state index is 13.0. The van der Waals surface area contributed by atoms with Gasteiger partial charge in [0.05, 0.1) is 11.1 Å². The van der Waals surface area contributed by atoms with E-state index < -0.39 is 0 Å². The summed E-state index contributed by atoms with van der Waals surface area (Å²) in [5.41, 5.74) is 4.18. The molecule has 0 bridgehead atoms. The number of nitrogens with zero attached hydrogens (tertiary/aromatic N) is 2. The zero-order valence-electron chi connectivity index (χ0n) is 16.7. The van der Waals surface area contributed by atoms with Crippen LogP contribution in [0.5, 0.6) is 0 Å². The Morgan fingerprint density at radius 3 is 2.62 bits per heavy atom. The van der Waals surface area contributed by atoms with Crippen molar-refractivity contribution in [3.8, 4) is 0 Å². The molecule has 2 aromatic carbocycles. The van der Waals surface area contributed by atoms with E-state index in [0.29, 0.717) is 18.4 Å². The number of aromatic nitrogens is 1. The van der Waals surface area contributed by atoms with Crippen LogP contribution in [0.1, 0.15) is 52.7 Å². The van der Waals surface area contributed by atoms with Crippen molar-refractivity contribution in [2.45, 2.75) is 31.1 Å². The average Bonchev–Trinajstić information content (AvgIpc) is 3.52. The lowest BCUT2D eigenvalue weighted by atomic mass is 9.99. The van der Waals surface area contributed by atoms with Crippen molar-refractivity contribution in [3.05, 3.63) is 77.5 Å². The normalized spacial score (nSPS) is 19.5. The van der Waals surface area contributed by atoms with E-state index in [-0.39, 0.29) is 5.91 Å². The molecular weight excluding hydrogens is 358 g/mol. The Morgan fingerprint density at radius 2 is 1.79 bits per heavy atom. The topological polar surface area (TPSA) is 45.2 Å². The maximum atomic E-state index is 13.0. The summed E-state index contributed by atoms with van der Waals surface area (Å²) < 4.78 is 0. The largest absolute Gasteiger partial charge is 0.351 e. The fraction of sp³-hybridized carbons (Fsp3) is 0.360. The molecule has 1 N–H and O–H groups in total. The van der Waals surface area contributed by atoms with Crippen LogP contribution in [-0.4, -0.2) is 42.0 Å². The first-order valence-electron chi connectivity index (χ1n) is 10.7. The van der Waals surface area contributed by atoms with Gasteiger partial charge in [-0.05, 0) is 49.4 Å². The lowest BCUT2D eigenvalue weighted by molar-refractivity contribution is 0.0951. The van der Waals surface area contributed by atoms with Crippen LogP contribution in [0.2, 0.25) is 0 Å². The fourth-order valence-electron chi connectivity index (χ4n) is 4.43. The molecule has 4 nitrogen and oxygen atoms in total. The van der Waals surface area contributed by atoms with Crippen LogP contribution < -0.4 is 5.32 Å². The molecular formula is C25H27N3O. The quantitative estimate of drug-likeness (QED) is 0.687. The van der Waals surface area contributed by atoms with Crippen molar-refractivity contribution in [3.63, 3.8) is 0 Å². The number of nitrogens with one attached hydrogen (secondary N) is 1. The highest BCUT2D eigenvalue weighted by atomic mass is 16.1. The van der Waals surface area contributed by atoms with Gasteiger partial charge in [0.1, 0.15) is 0 Å². The molecule has 1 saturated heterocycles. The van der Waals surface area contributed by atoms with Gasteiger partial charge in [-0.15, -0.1) is 0 Å². The second-order valence-corrected chi connectivity index (χ2v) is 8.34. The second-order valence-electron chi connectivity index (χ2n) is 8.34. The summed E-state index contributed by atoms with van der Waals surface area (Å²) in [6, 6.07) is 20.7. The number of pyridine rings is 1. The molecule has 2 heterocycles. The van der Waals surface area contributed by atoms with Crippen molar-refractivity contribution < 1.29 is 4.79 Å². The third-order valence-corrected chi connectivity index (χ3v) is 6.23. The molecule has 1 aliphatic heterocycles. The molecule has 1 amide bonds. The third kappa shape index (κ3) is 4.03. The number of fused-ring (bicyclic) bond motifs is 1. The van der Waals surface area contributed by atoms with Crippen molar-refractivity contribution in [1.82, 2.24) is 15.2 Å². The van der Waals surface area contributed by atoms with Crippen LogP contribution in [-0.2, 0) is 0 Å². The number of likely N-dealkylation sites (tertiary alicyclic amines) is 1. The minimum Gasteiger partial charge on any atom is -0.351 e. The molecule has 2 aliphatic rings. The Morgan fingerprint density at radius 1 is 1.00 bits per heavy atom. The van der Waals surface area contributed by atoms with Gasteiger partial charge in [-0.2, -0.15) is 0 Å². The van der Waals surface area contributed by atoms with Crippen molar-refractivity contribution in [2.75, 3.05) is 26.2 Å². The number of hydrogen-bond acceptors (Lipinski definition) is 3. The maximum Gasteiger partial charge on any atom is 0.252 e. The summed E-state index contributed by atoms with van der Waals surface area (Å²) in [6.45, 7) is 3.74. The standard InChI is InChI=1S/C25H27N3O/c29-25(22-16-24(19-10-11-19)27-23-9-5-4-8-21(22)23)26-13-15-28-14-12-20(17-28)18-6-2-1-3-7-18/h1-9,16,19-20H,10-15,17H2,(H,26,29). The molecule has 2 fully saturated rings. The first kappa shape index (κ1) is 18.3. The van der Waals surface area contributed by atoms with E-state index >= 15 is 0 Å². The molecule has 1 atom stereocenters. The predicted molar refractivity (Wildman–Crippen MR) is 116 cm³/mol. The number of benzene rings is 2. The summed E-state index contributed by atoms with van der Waals surface area (Å²) >= 11 is 0. The molecule has 1 saturated carbocycles. The van der Waals surface area contributed by atoms with Crippen molar-refractivity contribution in [1.29, 1.82) is 0 Å². The second kappa shape index (κ2) is 7.96. The van der Waals surface area contributed by atoms with Gasteiger partial charge in [-0.3, -0.25) is 9.78 Å². The van der Waals surface area contributed by atoms with E-state index in [1.54, 1.807) is 0 Å². The minimum absolute atomic E-state index is 0.0179. The van der Waals surface area contributed by atoms with E-state index in [9.17, 15) is 4.79 Å². The summed E-state index contributed by atoms with van der Waals surface area (Å²) in [7, 11) is 0. The van der Waals surface area contributed by atoms with E-state index in [1.165, 1.54) is 24.8 Å². The van der Waals surface area contributed by atoms with Gasteiger partial charge in [0, 0.05) is 36.6 Å². The monoisotopic (exact) mass is 385 g/mol. The van der Waals surface area contributed by atoms with E-state index in [4.69, 9.17) is 4.98 Å². The van der Waals surface area contributed by atoms with E-state index in [2.05, 4.69) is 40.5 Å². The zero-order valence-corrected chi connectivity index (χ0v) is 16.7. The number of hydrogen-bond donors (Lipinski definition) is 1. The minimum atomic E-state index is 0.0179. The summed E-state index contributed by atoms with van der Waals surface area (Å²) in [5, 5.41) is 4.09. The smallest absolute Gasteiger partial charge is 0.252 e. The SMILES string of the molecule is O=C(NCCN1CCC(c2ccccc2)C1)c1cc(C2CC2)nc2ccccc12. The Bertz CT molecular complexity index is 1010. The molecule has 1 aliphatic carbocycles. The van der Waals surface area contributed by atoms with Gasteiger partial charge in [0.25, 0.3) is 5.91 Å². The Balaban J connectivity index is 1.22. The highest BCUT2D eigenvalue weighted by molar-refractivity contribution is 6.06. The molecule has 5 rings (SSSR count). The van der Waals surface area contributed by atoms with Gasteiger partial charge in [0.15, 0.2) is 0 Å². The van der Waals surface area contributed by atoms with Crippen LogP contribution in [0.25, 0.3) is 10.9 Å². The van der Waals surface area contributed by atoms with Gasteiger partial charge in [-0.1, -0.05) is 48.5 Å². The van der Waals surface area contributed by atoms with Crippen LogP contribution in [0.3, 0.4) is 0 Å². The number of carbonyl (C=O) groups excluding carboxylic acids is 1. The lowest BCUT2D eigenvalue weighted by Crippen LogP contribution is -2.34. The van der Waals surface area contributed by atoms with E-state index in [0.717, 1.165) is 41.8 Å². The fourth-order valence-corrected chi connectivity index (χ4v) is 4.43. The molecule has 148 valence electrons. The number of carbonyl (C=O) groups is 1. The van der Waals surface area contributed by atoms with Gasteiger partial charge in [-0.25, -0.2) is 0 Å². The first-order chi connectivity index (χ1) is 14.3. The summed E-state index contributed by atoms with van der Waals surface area (Å²) in [5.74, 6) is 1.16. The lowest BCUT2D eigenvalue weighted by Gasteiger charge is -2.17. The summed E-state index contributed by atoms with van der Waals surface area (Å²) in [4.78, 5) is 20.2. The Labute approximate surface area is 171 Å². The molecule has 0 spiro atoms. The number of para-hydroxylation sites is 1. The molecule has 1 aromatic heterocycles. The van der Waals surface area contributed by atoms with E-state index in [1.807, 2.05) is 30.3 Å². The van der Waals surface area contributed by atoms with Crippen molar-refractivity contribution in [2.24, 2.45) is 0 Å². The zero-order chi connectivity index (χ0) is 19.6. The predicted octanol–water partition coefficient (Wildman–Crippen LogP) is 4.33. The van der Waals surface area contributed by atoms with Crippen LogP contribution in [0.15, 0.2) is 60.7 Å². The molecule has 3 aromatic rings. The van der Waals surface area contributed by atoms with Crippen LogP contribution >= 0.6 is 0 Å². The third-order valence-electron chi connectivity index (χ3n) is 6.23. The highest BCUT2D eigenvalue weighted by Crippen LogP contribution is 2.40. The van der Waals surface area contributed by atoms with Crippen LogP contribution in [0.4, 0.5) is 0 Å². The molecule has 29 heavy (non-hydrogen) atoms. The van der Waals surface area contributed by atoms with Gasteiger partial charge < -0.3 is 10.2 Å². The molecule has 1 unspecified atom stereocenters. The molecule has 4 heteroatoms. The highest BCUT2D eigenvalue weighted by Gasteiger charge is 2.27.